The first-order chi connectivity index (χ1) is 9.26. The highest BCUT2D eigenvalue weighted by Crippen LogP contribution is 2.35. The molecule has 0 spiro atoms. The molecular weight excluding hydrogens is 234 g/mol. The van der Waals surface area contributed by atoms with E-state index in [1.54, 1.807) is 0 Å². The number of allylic oxidation sites excluding steroid dienone is 1. The molecular formula is C17H27NO. The third kappa shape index (κ3) is 3.49. The average molecular weight is 261 g/mol. The van der Waals surface area contributed by atoms with Gasteiger partial charge in [0.15, 0.2) is 0 Å². The van der Waals surface area contributed by atoms with Crippen molar-refractivity contribution in [1.82, 2.24) is 4.90 Å². The topological polar surface area (TPSA) is 20.3 Å². The zero-order valence-corrected chi connectivity index (χ0v) is 12.2. The second kappa shape index (κ2) is 6.93. The van der Waals surface area contributed by atoms with Crippen LogP contribution >= 0.6 is 0 Å². The van der Waals surface area contributed by atoms with Crippen LogP contribution in [0.3, 0.4) is 0 Å². The highest BCUT2D eigenvalue weighted by Gasteiger charge is 2.38. The maximum atomic E-state index is 11.9. The smallest absolute Gasteiger partial charge is 0.223 e. The van der Waals surface area contributed by atoms with Gasteiger partial charge in [0, 0.05) is 24.9 Å². The van der Waals surface area contributed by atoms with Crippen molar-refractivity contribution in [2.75, 3.05) is 6.54 Å². The number of carbonyl (C=O) groups excluding carboxylic acids is 1. The second-order valence-electron chi connectivity index (χ2n) is 5.94. The molecule has 0 aromatic carbocycles. The molecule has 2 fully saturated rings. The molecule has 2 aliphatic rings. The van der Waals surface area contributed by atoms with E-state index in [4.69, 9.17) is 0 Å². The monoisotopic (exact) mass is 261 g/mol. The Morgan fingerprint density at radius 1 is 1.37 bits per heavy atom. The molecule has 2 nitrogen and oxygen atoms in total. The minimum atomic E-state index is 0.341. The zero-order chi connectivity index (χ0) is 13.7. The standard InChI is InChI=1S/C17H27NO/c1-3-5-6-7-8-9-14-12-15(4-2)16-10-11-17(19)18(16)13-14/h4,9,15-16H,2-3,5-8,10-13H2,1H3/b14-9-/t15?,16-/m0/s1. The van der Waals surface area contributed by atoms with Crippen molar-refractivity contribution in [1.29, 1.82) is 0 Å². The molecule has 1 unspecified atom stereocenters. The molecule has 0 aromatic rings. The highest BCUT2D eigenvalue weighted by molar-refractivity contribution is 5.79. The third-order valence-electron chi connectivity index (χ3n) is 4.53. The molecule has 2 atom stereocenters. The van der Waals surface area contributed by atoms with Gasteiger partial charge in [0.05, 0.1) is 0 Å². The van der Waals surface area contributed by atoms with Crippen LogP contribution in [0.15, 0.2) is 24.3 Å². The van der Waals surface area contributed by atoms with Crippen LogP contribution in [0, 0.1) is 5.92 Å². The van der Waals surface area contributed by atoms with Crippen LogP contribution in [-0.4, -0.2) is 23.4 Å². The summed E-state index contributed by atoms with van der Waals surface area (Å²) in [6.07, 6.45) is 13.7. The van der Waals surface area contributed by atoms with Crippen LogP contribution in [0.1, 0.15) is 58.3 Å². The summed E-state index contributed by atoms with van der Waals surface area (Å²) in [5, 5.41) is 0. The van der Waals surface area contributed by atoms with Gasteiger partial charge in [0.25, 0.3) is 0 Å². The predicted octanol–water partition coefficient (Wildman–Crippen LogP) is 4.08. The Hall–Kier alpha value is -1.05. The number of unbranched alkanes of at least 4 members (excludes halogenated alkanes) is 4. The highest BCUT2D eigenvalue weighted by atomic mass is 16.2. The average Bonchev–Trinajstić information content (AvgIpc) is 2.80. The van der Waals surface area contributed by atoms with E-state index in [0.717, 1.165) is 25.8 Å². The van der Waals surface area contributed by atoms with E-state index in [9.17, 15) is 4.79 Å². The molecule has 2 heteroatoms. The third-order valence-corrected chi connectivity index (χ3v) is 4.53. The van der Waals surface area contributed by atoms with Crippen molar-refractivity contribution < 1.29 is 4.79 Å². The maximum Gasteiger partial charge on any atom is 0.223 e. The van der Waals surface area contributed by atoms with Gasteiger partial charge in [-0.25, -0.2) is 0 Å². The van der Waals surface area contributed by atoms with E-state index < -0.39 is 0 Å². The summed E-state index contributed by atoms with van der Waals surface area (Å²) < 4.78 is 0. The Morgan fingerprint density at radius 3 is 2.95 bits per heavy atom. The number of hydrogen-bond acceptors (Lipinski definition) is 1. The van der Waals surface area contributed by atoms with E-state index in [-0.39, 0.29) is 0 Å². The van der Waals surface area contributed by atoms with Crippen molar-refractivity contribution in [3.63, 3.8) is 0 Å². The maximum absolute atomic E-state index is 11.9. The Bertz CT molecular complexity index is 358. The zero-order valence-electron chi connectivity index (χ0n) is 12.2. The molecule has 2 saturated heterocycles. The lowest BCUT2D eigenvalue weighted by atomic mass is 9.86. The summed E-state index contributed by atoms with van der Waals surface area (Å²) in [5.41, 5.74) is 1.45. The molecule has 2 aliphatic heterocycles. The van der Waals surface area contributed by atoms with Crippen molar-refractivity contribution in [2.45, 2.75) is 64.3 Å². The van der Waals surface area contributed by atoms with Crippen LogP contribution in [0.4, 0.5) is 0 Å². The van der Waals surface area contributed by atoms with Crippen molar-refractivity contribution in [3.8, 4) is 0 Å². The van der Waals surface area contributed by atoms with Gasteiger partial charge in [0.2, 0.25) is 5.91 Å². The van der Waals surface area contributed by atoms with Crippen molar-refractivity contribution in [3.05, 3.63) is 24.3 Å². The van der Waals surface area contributed by atoms with Gasteiger partial charge in [0.1, 0.15) is 0 Å². The lowest BCUT2D eigenvalue weighted by Crippen LogP contribution is -2.43. The summed E-state index contributed by atoms with van der Waals surface area (Å²) in [6.45, 7) is 7.08. The number of nitrogens with zero attached hydrogens (tertiary/aromatic N) is 1. The van der Waals surface area contributed by atoms with E-state index in [2.05, 4.69) is 30.6 Å². The minimum Gasteiger partial charge on any atom is -0.335 e. The molecule has 0 radical (unpaired) electrons. The molecule has 2 rings (SSSR count). The van der Waals surface area contributed by atoms with Crippen molar-refractivity contribution in [2.24, 2.45) is 5.92 Å². The first kappa shape index (κ1) is 14.4. The molecule has 0 aromatic heterocycles. The van der Waals surface area contributed by atoms with E-state index in [1.807, 2.05) is 0 Å². The van der Waals surface area contributed by atoms with Gasteiger partial charge in [-0.2, -0.15) is 0 Å². The summed E-state index contributed by atoms with van der Waals surface area (Å²) in [6, 6.07) is 0.433. The summed E-state index contributed by atoms with van der Waals surface area (Å²) in [4.78, 5) is 14.0. The van der Waals surface area contributed by atoms with Crippen molar-refractivity contribution >= 4 is 5.91 Å². The molecule has 0 bridgehead atoms. The lowest BCUT2D eigenvalue weighted by Gasteiger charge is -2.37. The van der Waals surface area contributed by atoms with Crippen LogP contribution in [0.25, 0.3) is 0 Å². The van der Waals surface area contributed by atoms with Gasteiger partial charge >= 0.3 is 0 Å². The summed E-state index contributed by atoms with van der Waals surface area (Å²) in [5.74, 6) is 0.815. The largest absolute Gasteiger partial charge is 0.335 e. The molecule has 106 valence electrons. The lowest BCUT2D eigenvalue weighted by molar-refractivity contribution is -0.129. The van der Waals surface area contributed by atoms with Gasteiger partial charge in [-0.1, -0.05) is 43.9 Å². The summed E-state index contributed by atoms with van der Waals surface area (Å²) in [7, 11) is 0. The Kier molecular flexibility index (Phi) is 5.24. The molecule has 1 amide bonds. The van der Waals surface area contributed by atoms with Gasteiger partial charge in [-0.05, 0) is 25.7 Å². The second-order valence-corrected chi connectivity index (χ2v) is 5.94. The van der Waals surface area contributed by atoms with Crippen LogP contribution in [0.2, 0.25) is 0 Å². The molecule has 19 heavy (non-hydrogen) atoms. The van der Waals surface area contributed by atoms with Gasteiger partial charge in [-0.15, -0.1) is 6.58 Å². The number of piperidine rings is 1. The van der Waals surface area contributed by atoms with E-state index in [0.29, 0.717) is 17.9 Å². The Morgan fingerprint density at radius 2 is 2.21 bits per heavy atom. The molecule has 0 N–H and O–H groups in total. The first-order valence-electron chi connectivity index (χ1n) is 7.86. The SMILES string of the molecule is C=CC1C/C(=C/CCCCCC)CN2C(=O)CC[C@@H]12. The Labute approximate surface area is 117 Å². The van der Waals surface area contributed by atoms with Crippen LogP contribution in [-0.2, 0) is 4.79 Å². The first-order valence-corrected chi connectivity index (χ1v) is 7.86. The van der Waals surface area contributed by atoms with E-state index in [1.165, 1.54) is 37.7 Å². The molecule has 0 saturated carbocycles. The Balaban J connectivity index is 1.90. The van der Waals surface area contributed by atoms with E-state index >= 15 is 0 Å². The number of carbonyl (C=O) groups is 1. The molecule has 0 aliphatic carbocycles. The normalized spacial score (nSPS) is 28.8. The fraction of sp³-hybridized carbons (Fsp3) is 0.706. The number of amides is 1. The number of hydrogen-bond donors (Lipinski definition) is 0. The van der Waals surface area contributed by atoms with Crippen LogP contribution < -0.4 is 0 Å². The fourth-order valence-electron chi connectivity index (χ4n) is 3.39. The quantitative estimate of drug-likeness (QED) is 0.521. The number of fused-ring (bicyclic) bond motifs is 1. The number of rotatable bonds is 6. The fourth-order valence-corrected chi connectivity index (χ4v) is 3.39. The van der Waals surface area contributed by atoms with Crippen LogP contribution in [0.5, 0.6) is 0 Å². The predicted molar refractivity (Wildman–Crippen MR) is 79.9 cm³/mol. The van der Waals surface area contributed by atoms with Gasteiger partial charge < -0.3 is 4.90 Å². The minimum absolute atomic E-state index is 0.341. The van der Waals surface area contributed by atoms with Gasteiger partial charge in [-0.3, -0.25) is 4.79 Å². The summed E-state index contributed by atoms with van der Waals surface area (Å²) >= 11 is 0. The molecule has 2 heterocycles.